The van der Waals surface area contributed by atoms with Crippen molar-refractivity contribution in [3.63, 3.8) is 0 Å². The highest BCUT2D eigenvalue weighted by molar-refractivity contribution is 7.89. The zero-order chi connectivity index (χ0) is 11.3. The fourth-order valence-electron chi connectivity index (χ4n) is 0.991. The molecule has 0 spiro atoms. The van der Waals surface area contributed by atoms with E-state index in [4.69, 9.17) is 11.6 Å². The molecule has 1 atom stereocenters. The van der Waals surface area contributed by atoms with Crippen molar-refractivity contribution in [1.29, 1.82) is 0 Å². The molecule has 0 radical (unpaired) electrons. The van der Waals surface area contributed by atoms with E-state index in [1.54, 1.807) is 6.20 Å². The molecule has 0 aliphatic heterocycles. The smallest absolute Gasteiger partial charge is 0.212 e. The molecule has 1 unspecified atom stereocenters. The number of sulfonamides is 1. The summed E-state index contributed by atoms with van der Waals surface area (Å²) in [7, 11) is -3.22. The largest absolute Gasteiger partial charge is 0.249 e. The van der Waals surface area contributed by atoms with E-state index in [-0.39, 0.29) is 17.6 Å². The number of hydrogen-bond acceptors (Lipinski definition) is 4. The van der Waals surface area contributed by atoms with E-state index in [0.29, 0.717) is 6.54 Å². The van der Waals surface area contributed by atoms with Gasteiger partial charge < -0.3 is 0 Å². The summed E-state index contributed by atoms with van der Waals surface area (Å²) in [5, 5.41) is 2.81. The van der Waals surface area contributed by atoms with Gasteiger partial charge >= 0.3 is 0 Å². The summed E-state index contributed by atoms with van der Waals surface area (Å²) in [6.07, 6.45) is 1.71. The number of nitrogens with zero attached hydrogens (tertiary/aromatic N) is 1. The van der Waals surface area contributed by atoms with E-state index < -0.39 is 10.0 Å². The Kier molecular flexibility index (Phi) is 4.98. The van der Waals surface area contributed by atoms with E-state index in [1.165, 1.54) is 11.3 Å². The van der Waals surface area contributed by atoms with Crippen molar-refractivity contribution in [2.45, 2.75) is 12.8 Å². The number of alkyl halides is 1. The van der Waals surface area contributed by atoms with E-state index in [1.807, 2.05) is 12.3 Å². The van der Waals surface area contributed by atoms with Crippen LogP contribution in [0.5, 0.6) is 0 Å². The van der Waals surface area contributed by atoms with E-state index >= 15 is 0 Å². The van der Waals surface area contributed by atoms with Crippen LogP contribution in [-0.2, 0) is 10.0 Å². The van der Waals surface area contributed by atoms with Crippen molar-refractivity contribution in [2.75, 3.05) is 18.2 Å². The molecule has 0 amide bonds. The first-order valence-corrected chi connectivity index (χ1v) is 7.54. The second-order valence-corrected chi connectivity index (χ2v) is 6.36. The number of nitrogens with one attached hydrogen (secondary N) is 1. The van der Waals surface area contributed by atoms with Crippen LogP contribution in [0.15, 0.2) is 11.6 Å². The highest BCUT2D eigenvalue weighted by Gasteiger charge is 2.13. The van der Waals surface area contributed by atoms with Crippen LogP contribution in [0.2, 0.25) is 0 Å². The van der Waals surface area contributed by atoms with Gasteiger partial charge in [0.2, 0.25) is 10.0 Å². The van der Waals surface area contributed by atoms with Gasteiger partial charge in [-0.15, -0.1) is 22.9 Å². The number of aromatic nitrogens is 1. The number of rotatable bonds is 6. The molecule has 7 heteroatoms. The molecule has 0 aliphatic rings. The fraction of sp³-hybridized carbons (Fsp3) is 0.625. The molecule has 1 rings (SSSR count). The minimum absolute atomic E-state index is 0.0425. The molecule has 0 saturated carbocycles. The van der Waals surface area contributed by atoms with Gasteiger partial charge in [-0.3, -0.25) is 0 Å². The summed E-state index contributed by atoms with van der Waals surface area (Å²) in [6.45, 7) is 2.30. The van der Waals surface area contributed by atoms with E-state index in [0.717, 1.165) is 5.01 Å². The van der Waals surface area contributed by atoms with Gasteiger partial charge in [-0.05, 0) is 0 Å². The van der Waals surface area contributed by atoms with Gasteiger partial charge in [-0.1, -0.05) is 6.92 Å². The number of hydrogen-bond donors (Lipinski definition) is 1. The average molecular weight is 269 g/mol. The first-order valence-electron chi connectivity index (χ1n) is 4.48. The monoisotopic (exact) mass is 268 g/mol. The predicted molar refractivity (Wildman–Crippen MR) is 63.0 cm³/mol. The summed E-state index contributed by atoms with van der Waals surface area (Å²) in [6, 6.07) is 0. The van der Waals surface area contributed by atoms with Crippen LogP contribution >= 0.6 is 22.9 Å². The van der Waals surface area contributed by atoms with Crippen molar-refractivity contribution in [3.8, 4) is 0 Å². The quantitative estimate of drug-likeness (QED) is 0.794. The lowest BCUT2D eigenvalue weighted by Crippen LogP contribution is -2.30. The summed E-state index contributed by atoms with van der Waals surface area (Å²) < 4.78 is 25.1. The normalized spacial score (nSPS) is 14.0. The molecule has 0 bridgehead atoms. The molecule has 0 saturated heterocycles. The van der Waals surface area contributed by atoms with Crippen molar-refractivity contribution in [1.82, 2.24) is 9.71 Å². The average Bonchev–Trinajstić information content (AvgIpc) is 2.67. The van der Waals surface area contributed by atoms with Gasteiger partial charge in [-0.2, -0.15) is 0 Å². The zero-order valence-electron chi connectivity index (χ0n) is 8.31. The summed E-state index contributed by atoms with van der Waals surface area (Å²) in [4.78, 5) is 4.12. The molecule has 0 aromatic carbocycles. The molecular formula is C8H13ClN2O2S2. The van der Waals surface area contributed by atoms with Gasteiger partial charge in [0.25, 0.3) is 0 Å². The number of halogens is 1. The van der Waals surface area contributed by atoms with Gasteiger partial charge in [-0.25, -0.2) is 18.1 Å². The number of thiazole rings is 1. The lowest BCUT2D eigenvalue weighted by molar-refractivity contribution is 0.576. The third-order valence-electron chi connectivity index (χ3n) is 1.83. The SMILES string of the molecule is CC(CNS(=O)(=O)CCCl)c1nccs1. The lowest BCUT2D eigenvalue weighted by atomic mass is 10.2. The molecule has 0 aliphatic carbocycles. The van der Waals surface area contributed by atoms with Crippen LogP contribution in [0, 0.1) is 0 Å². The Hall–Kier alpha value is -0.170. The first kappa shape index (κ1) is 12.9. The van der Waals surface area contributed by atoms with Crippen LogP contribution < -0.4 is 4.72 Å². The molecule has 15 heavy (non-hydrogen) atoms. The van der Waals surface area contributed by atoms with Crippen molar-refractivity contribution >= 4 is 33.0 Å². The molecule has 0 fully saturated rings. The molecular weight excluding hydrogens is 256 g/mol. The van der Waals surface area contributed by atoms with E-state index in [2.05, 4.69) is 9.71 Å². The standard InChI is InChI=1S/C8H13ClN2O2S2/c1-7(8-10-3-4-14-8)6-11-15(12,13)5-2-9/h3-4,7,11H,2,5-6H2,1H3. The first-order chi connectivity index (χ1) is 7.05. The summed E-state index contributed by atoms with van der Waals surface area (Å²) in [5.74, 6) is 0.162. The van der Waals surface area contributed by atoms with Gasteiger partial charge in [0, 0.05) is 29.9 Å². The third-order valence-corrected chi connectivity index (χ3v) is 4.60. The maximum Gasteiger partial charge on any atom is 0.212 e. The topological polar surface area (TPSA) is 59.1 Å². The van der Waals surface area contributed by atoms with Gasteiger partial charge in [0.15, 0.2) is 0 Å². The van der Waals surface area contributed by atoms with Crippen molar-refractivity contribution in [3.05, 3.63) is 16.6 Å². The Morgan fingerprint density at radius 2 is 2.40 bits per heavy atom. The molecule has 1 heterocycles. The summed E-state index contributed by atoms with van der Waals surface area (Å²) in [5.41, 5.74) is 0. The highest BCUT2D eigenvalue weighted by Crippen LogP contribution is 2.16. The minimum Gasteiger partial charge on any atom is -0.249 e. The maximum absolute atomic E-state index is 11.3. The van der Waals surface area contributed by atoms with Crippen molar-refractivity contribution in [2.24, 2.45) is 0 Å². The minimum atomic E-state index is -3.22. The van der Waals surface area contributed by atoms with Crippen LogP contribution in [-0.4, -0.2) is 31.6 Å². The Morgan fingerprint density at radius 1 is 1.67 bits per heavy atom. The van der Waals surface area contributed by atoms with Gasteiger partial charge in [0.05, 0.1) is 10.8 Å². The van der Waals surface area contributed by atoms with E-state index in [9.17, 15) is 8.42 Å². The summed E-state index contributed by atoms with van der Waals surface area (Å²) >= 11 is 6.89. The second-order valence-electron chi connectivity index (χ2n) is 3.13. The highest BCUT2D eigenvalue weighted by atomic mass is 35.5. The molecule has 1 aromatic heterocycles. The van der Waals surface area contributed by atoms with Crippen LogP contribution in [0.4, 0.5) is 0 Å². The molecule has 4 nitrogen and oxygen atoms in total. The van der Waals surface area contributed by atoms with Crippen LogP contribution in [0.3, 0.4) is 0 Å². The van der Waals surface area contributed by atoms with Crippen LogP contribution in [0.1, 0.15) is 17.8 Å². The lowest BCUT2D eigenvalue weighted by Gasteiger charge is -2.09. The third kappa shape index (κ3) is 4.46. The zero-order valence-corrected chi connectivity index (χ0v) is 10.7. The Bertz CT molecular complexity index is 377. The maximum atomic E-state index is 11.3. The molecule has 1 N–H and O–H groups in total. The van der Waals surface area contributed by atoms with Crippen molar-refractivity contribution < 1.29 is 8.42 Å². The Morgan fingerprint density at radius 3 is 2.93 bits per heavy atom. The second kappa shape index (κ2) is 5.79. The molecule has 1 aromatic rings. The van der Waals surface area contributed by atoms with Gasteiger partial charge in [0.1, 0.15) is 0 Å². The molecule has 86 valence electrons. The Balaban J connectivity index is 2.44. The predicted octanol–water partition coefficient (Wildman–Crippen LogP) is 1.40. The fourth-order valence-corrected chi connectivity index (χ4v) is 3.15. The van der Waals surface area contributed by atoms with Crippen LogP contribution in [0.25, 0.3) is 0 Å². The Labute approximate surface area is 98.7 Å².